The van der Waals surface area contributed by atoms with Gasteiger partial charge in [-0.25, -0.2) is 8.42 Å². The number of aryl methyl sites for hydroxylation is 3. The molecule has 0 fully saturated rings. The minimum Gasteiger partial charge on any atom is -0.460 e. The molecule has 0 unspecified atom stereocenters. The van der Waals surface area contributed by atoms with Crippen molar-refractivity contribution in [2.45, 2.75) is 30.6 Å². The van der Waals surface area contributed by atoms with Gasteiger partial charge in [-0.2, -0.15) is 0 Å². The van der Waals surface area contributed by atoms with Crippen molar-refractivity contribution in [3.63, 3.8) is 0 Å². The molecule has 0 aliphatic rings. The van der Waals surface area contributed by atoms with Crippen LogP contribution in [0.25, 0.3) is 11.0 Å². The summed E-state index contributed by atoms with van der Waals surface area (Å²) in [6.45, 7) is 5.56. The van der Waals surface area contributed by atoms with Gasteiger partial charge in [0.05, 0.1) is 4.90 Å². The maximum atomic E-state index is 13.1. The van der Waals surface area contributed by atoms with Gasteiger partial charge in [-0.3, -0.25) is 0 Å². The van der Waals surface area contributed by atoms with Gasteiger partial charge in [0, 0.05) is 9.86 Å². The Labute approximate surface area is 138 Å². The first-order chi connectivity index (χ1) is 10.3. The van der Waals surface area contributed by atoms with Crippen molar-refractivity contribution in [2.24, 2.45) is 0 Å². The lowest BCUT2D eigenvalue weighted by Crippen LogP contribution is -2.03. The van der Waals surface area contributed by atoms with E-state index in [9.17, 15) is 8.42 Å². The van der Waals surface area contributed by atoms with Gasteiger partial charge < -0.3 is 4.42 Å². The maximum Gasteiger partial charge on any atom is 0.211 e. The average Bonchev–Trinajstić information content (AvgIpc) is 2.76. The van der Waals surface area contributed by atoms with E-state index in [1.165, 1.54) is 0 Å². The highest BCUT2D eigenvalue weighted by atomic mass is 79.9. The predicted molar refractivity (Wildman–Crippen MR) is 90.0 cm³/mol. The van der Waals surface area contributed by atoms with E-state index < -0.39 is 9.84 Å². The molecule has 1 heterocycles. The monoisotopic (exact) mass is 378 g/mol. The van der Waals surface area contributed by atoms with Gasteiger partial charge in [0.1, 0.15) is 16.2 Å². The Kier molecular flexibility index (Phi) is 3.65. The van der Waals surface area contributed by atoms with Crippen LogP contribution in [-0.4, -0.2) is 8.42 Å². The Morgan fingerprint density at radius 1 is 1.05 bits per heavy atom. The summed E-state index contributed by atoms with van der Waals surface area (Å²) in [5, 5.41) is 0.644. The second-order valence-electron chi connectivity index (χ2n) is 5.38. The van der Waals surface area contributed by atoms with Crippen molar-refractivity contribution in [1.29, 1.82) is 0 Å². The van der Waals surface area contributed by atoms with Crippen LogP contribution in [-0.2, 0) is 9.84 Å². The molecule has 0 saturated heterocycles. The van der Waals surface area contributed by atoms with Crippen LogP contribution in [0.4, 0.5) is 0 Å². The van der Waals surface area contributed by atoms with Crippen molar-refractivity contribution in [3.8, 4) is 0 Å². The topological polar surface area (TPSA) is 47.3 Å². The minimum atomic E-state index is -3.66. The zero-order valence-electron chi connectivity index (χ0n) is 12.5. The van der Waals surface area contributed by atoms with Crippen molar-refractivity contribution >= 4 is 36.7 Å². The molecular formula is C17H15BrO3S. The molecular weight excluding hydrogens is 364 g/mol. The Morgan fingerprint density at radius 2 is 1.73 bits per heavy atom. The molecule has 114 valence electrons. The fraction of sp³-hybridized carbons (Fsp3) is 0.176. The predicted octanol–water partition coefficient (Wildman–Crippen LogP) is 4.95. The lowest BCUT2D eigenvalue weighted by Gasteiger charge is -2.06. The third kappa shape index (κ3) is 2.29. The molecule has 3 nitrogen and oxygen atoms in total. The van der Waals surface area contributed by atoms with Crippen LogP contribution >= 0.6 is 15.9 Å². The van der Waals surface area contributed by atoms with Crippen molar-refractivity contribution in [1.82, 2.24) is 0 Å². The van der Waals surface area contributed by atoms with Crippen LogP contribution in [0.3, 0.4) is 0 Å². The molecule has 0 aliphatic heterocycles. The quantitative estimate of drug-likeness (QED) is 0.633. The average molecular weight is 379 g/mol. The number of sulfone groups is 1. The fourth-order valence-electron chi connectivity index (χ4n) is 2.75. The summed E-state index contributed by atoms with van der Waals surface area (Å²) in [5.41, 5.74) is 2.58. The molecule has 0 saturated carbocycles. The molecule has 1 aromatic heterocycles. The van der Waals surface area contributed by atoms with E-state index in [1.807, 2.05) is 26.0 Å². The fourth-order valence-corrected chi connectivity index (χ4v) is 5.34. The molecule has 0 N–H and O–H groups in total. The van der Waals surface area contributed by atoms with Crippen LogP contribution in [0.2, 0.25) is 0 Å². The molecule has 5 heteroatoms. The molecule has 22 heavy (non-hydrogen) atoms. The van der Waals surface area contributed by atoms with Gasteiger partial charge in [0.2, 0.25) is 9.84 Å². The van der Waals surface area contributed by atoms with E-state index in [2.05, 4.69) is 15.9 Å². The van der Waals surface area contributed by atoms with E-state index in [0.717, 1.165) is 11.1 Å². The van der Waals surface area contributed by atoms with Gasteiger partial charge in [0.25, 0.3) is 0 Å². The maximum absolute atomic E-state index is 13.1. The van der Waals surface area contributed by atoms with Crippen LogP contribution in [0, 0.1) is 20.8 Å². The first-order valence-corrected chi connectivity index (χ1v) is 9.10. The zero-order chi connectivity index (χ0) is 16.1. The minimum absolute atomic E-state index is 0.250. The number of hydrogen-bond acceptors (Lipinski definition) is 3. The molecule has 0 bridgehead atoms. The van der Waals surface area contributed by atoms with Crippen molar-refractivity contribution < 1.29 is 12.8 Å². The number of hydrogen-bond donors (Lipinski definition) is 0. The van der Waals surface area contributed by atoms with Crippen molar-refractivity contribution in [3.05, 3.63) is 57.8 Å². The van der Waals surface area contributed by atoms with Crippen LogP contribution in [0.15, 0.2) is 55.1 Å². The molecule has 3 aromatic rings. The lowest BCUT2D eigenvalue weighted by molar-refractivity contribution is 0.556. The number of furan rings is 1. The summed E-state index contributed by atoms with van der Waals surface area (Å²) < 4.78 is 32.5. The van der Waals surface area contributed by atoms with E-state index in [1.54, 1.807) is 31.2 Å². The first kappa shape index (κ1) is 15.3. The molecule has 0 radical (unpaired) electrons. The summed E-state index contributed by atoms with van der Waals surface area (Å²) in [6.07, 6.45) is 0. The Balaban J connectivity index is 2.40. The number of fused-ring (bicyclic) bond motifs is 1. The van der Waals surface area contributed by atoms with E-state index in [4.69, 9.17) is 4.42 Å². The summed E-state index contributed by atoms with van der Waals surface area (Å²) in [5.74, 6) is 0.416. The third-order valence-corrected chi connectivity index (χ3v) is 6.57. The van der Waals surface area contributed by atoms with Gasteiger partial charge in [-0.05, 0) is 66.0 Å². The largest absolute Gasteiger partial charge is 0.460 e. The summed E-state index contributed by atoms with van der Waals surface area (Å²) >= 11 is 3.33. The highest BCUT2D eigenvalue weighted by Crippen LogP contribution is 2.37. The molecule has 3 rings (SSSR count). The summed E-state index contributed by atoms with van der Waals surface area (Å²) in [4.78, 5) is 0.501. The second kappa shape index (κ2) is 5.25. The SMILES string of the molecule is Cc1cc(C)c2oc(C)c(S(=O)(=O)c3ccccc3Br)c2c1. The second-order valence-corrected chi connectivity index (χ2v) is 8.09. The highest BCUT2D eigenvalue weighted by molar-refractivity contribution is 9.10. The normalized spacial score (nSPS) is 12.0. The smallest absolute Gasteiger partial charge is 0.211 e. The Bertz CT molecular complexity index is 985. The molecule has 0 aliphatic carbocycles. The van der Waals surface area contributed by atoms with Crippen LogP contribution < -0.4 is 0 Å². The van der Waals surface area contributed by atoms with Crippen LogP contribution in [0.5, 0.6) is 0 Å². The van der Waals surface area contributed by atoms with Gasteiger partial charge >= 0.3 is 0 Å². The molecule has 0 spiro atoms. The van der Waals surface area contributed by atoms with Crippen molar-refractivity contribution in [2.75, 3.05) is 0 Å². The van der Waals surface area contributed by atoms with Gasteiger partial charge in [-0.1, -0.05) is 18.2 Å². The third-order valence-electron chi connectivity index (χ3n) is 3.63. The first-order valence-electron chi connectivity index (χ1n) is 6.82. The highest BCUT2D eigenvalue weighted by Gasteiger charge is 2.28. The zero-order valence-corrected chi connectivity index (χ0v) is 14.9. The molecule has 0 atom stereocenters. The summed E-state index contributed by atoms with van der Waals surface area (Å²) in [7, 11) is -3.66. The summed E-state index contributed by atoms with van der Waals surface area (Å²) in [6, 6.07) is 10.7. The number of rotatable bonds is 2. The molecule has 2 aromatic carbocycles. The lowest BCUT2D eigenvalue weighted by atomic mass is 10.1. The standard InChI is InChI=1S/C17H15BrO3S/c1-10-8-11(2)16-13(9-10)17(12(3)21-16)22(19,20)15-7-5-4-6-14(15)18/h4-9H,1-3H3. The van der Waals surface area contributed by atoms with Crippen LogP contribution in [0.1, 0.15) is 16.9 Å². The van der Waals surface area contributed by atoms with E-state index in [-0.39, 0.29) is 9.79 Å². The number of benzene rings is 2. The van der Waals surface area contributed by atoms with Gasteiger partial charge in [0.15, 0.2) is 0 Å². The van der Waals surface area contributed by atoms with E-state index in [0.29, 0.717) is 21.2 Å². The van der Waals surface area contributed by atoms with E-state index >= 15 is 0 Å². The number of halogens is 1. The van der Waals surface area contributed by atoms with Gasteiger partial charge in [-0.15, -0.1) is 0 Å². The Morgan fingerprint density at radius 3 is 2.41 bits per heavy atom. The Hall–Kier alpha value is -1.59. The molecule has 0 amide bonds.